The van der Waals surface area contributed by atoms with E-state index in [1.807, 2.05) is 12.1 Å². The lowest BCUT2D eigenvalue weighted by atomic mass is 10.2. The Labute approximate surface area is 144 Å². The van der Waals surface area contributed by atoms with Crippen LogP contribution in [0.1, 0.15) is 41.5 Å². The molecule has 0 radical (unpaired) electrons. The molecule has 0 bridgehead atoms. The molecule has 0 aliphatic rings. The van der Waals surface area contributed by atoms with Crippen molar-refractivity contribution in [1.82, 2.24) is 0 Å². The Hall–Kier alpha value is -1.79. The van der Waals surface area contributed by atoms with Crippen molar-refractivity contribution >= 4 is 40.0 Å². The van der Waals surface area contributed by atoms with Crippen LogP contribution in [0.5, 0.6) is 0 Å². The molecule has 4 nitrogen and oxygen atoms in total. The molecule has 1 heterocycles. The molecule has 0 spiro atoms. The van der Waals surface area contributed by atoms with E-state index in [2.05, 4.69) is 19.2 Å². The van der Waals surface area contributed by atoms with Gasteiger partial charge in [-0.3, -0.25) is 4.79 Å². The molecule has 1 aromatic heterocycles. The molecule has 1 aromatic carbocycles. The van der Waals surface area contributed by atoms with Crippen LogP contribution >= 0.6 is 23.1 Å². The maximum atomic E-state index is 12.3. The Bertz CT molecular complexity index is 677. The first-order valence-corrected chi connectivity index (χ1v) is 9.10. The highest BCUT2D eigenvalue weighted by molar-refractivity contribution is 7.99. The second-order valence-electron chi connectivity index (χ2n) is 5.03. The summed E-state index contributed by atoms with van der Waals surface area (Å²) in [4.78, 5) is 25.3. The van der Waals surface area contributed by atoms with Crippen LogP contribution < -0.4 is 5.32 Å². The van der Waals surface area contributed by atoms with E-state index in [0.717, 1.165) is 4.90 Å². The van der Waals surface area contributed by atoms with Gasteiger partial charge in [0.2, 0.25) is 0 Å². The van der Waals surface area contributed by atoms with E-state index in [-0.39, 0.29) is 5.91 Å². The number of anilines is 1. The Morgan fingerprint density at radius 1 is 1.22 bits per heavy atom. The molecule has 1 amide bonds. The predicted molar refractivity (Wildman–Crippen MR) is 95.7 cm³/mol. The monoisotopic (exact) mass is 349 g/mol. The number of carbonyl (C=O) groups excluding carboxylic acids is 2. The zero-order valence-corrected chi connectivity index (χ0v) is 14.9. The maximum Gasteiger partial charge on any atom is 0.341 e. The Kier molecular flexibility index (Phi) is 6.24. The summed E-state index contributed by atoms with van der Waals surface area (Å²) in [6.07, 6.45) is 0. The minimum absolute atomic E-state index is 0.237. The van der Waals surface area contributed by atoms with Crippen LogP contribution in [0.25, 0.3) is 0 Å². The lowest BCUT2D eigenvalue weighted by Gasteiger charge is -2.08. The maximum absolute atomic E-state index is 12.3. The van der Waals surface area contributed by atoms with Gasteiger partial charge in [-0.25, -0.2) is 4.79 Å². The van der Waals surface area contributed by atoms with Crippen molar-refractivity contribution in [2.75, 3.05) is 11.9 Å². The SMILES string of the molecule is CCOC(=O)c1ccsc1NC(=O)c1ccc(SC(C)C)cc1. The van der Waals surface area contributed by atoms with Crippen LogP contribution in [-0.4, -0.2) is 23.7 Å². The van der Waals surface area contributed by atoms with Crippen LogP contribution in [-0.2, 0) is 4.74 Å². The predicted octanol–water partition coefficient (Wildman–Crippen LogP) is 4.68. The molecule has 2 rings (SSSR count). The van der Waals surface area contributed by atoms with Gasteiger partial charge in [-0.2, -0.15) is 0 Å². The zero-order valence-electron chi connectivity index (χ0n) is 13.3. The average molecular weight is 349 g/mol. The lowest BCUT2D eigenvalue weighted by molar-refractivity contribution is 0.0528. The van der Waals surface area contributed by atoms with Crippen LogP contribution in [0.3, 0.4) is 0 Å². The second kappa shape index (κ2) is 8.17. The van der Waals surface area contributed by atoms with Crippen molar-refractivity contribution in [3.63, 3.8) is 0 Å². The number of rotatable bonds is 6. The van der Waals surface area contributed by atoms with Gasteiger partial charge in [-0.1, -0.05) is 13.8 Å². The first-order valence-electron chi connectivity index (χ1n) is 7.34. The van der Waals surface area contributed by atoms with E-state index in [0.29, 0.717) is 28.0 Å². The van der Waals surface area contributed by atoms with Gasteiger partial charge >= 0.3 is 5.97 Å². The third kappa shape index (κ3) is 4.84. The minimum Gasteiger partial charge on any atom is -0.462 e. The van der Waals surface area contributed by atoms with Gasteiger partial charge in [0.1, 0.15) is 5.00 Å². The highest BCUT2D eigenvalue weighted by atomic mass is 32.2. The number of carbonyl (C=O) groups is 2. The van der Waals surface area contributed by atoms with Gasteiger partial charge in [0.15, 0.2) is 0 Å². The number of thiophene rings is 1. The van der Waals surface area contributed by atoms with Crippen molar-refractivity contribution in [2.24, 2.45) is 0 Å². The lowest BCUT2D eigenvalue weighted by Crippen LogP contribution is -2.14. The standard InChI is InChI=1S/C17H19NO3S2/c1-4-21-17(20)14-9-10-22-16(14)18-15(19)12-5-7-13(8-6-12)23-11(2)3/h5-11H,4H2,1-3H3,(H,18,19). The van der Waals surface area contributed by atoms with Crippen LogP contribution in [0, 0.1) is 0 Å². The van der Waals surface area contributed by atoms with Crippen molar-refractivity contribution in [2.45, 2.75) is 30.9 Å². The first-order chi connectivity index (χ1) is 11.0. The summed E-state index contributed by atoms with van der Waals surface area (Å²) >= 11 is 3.05. The number of benzene rings is 1. The molecule has 0 fully saturated rings. The van der Waals surface area contributed by atoms with Crippen LogP contribution in [0.4, 0.5) is 5.00 Å². The molecule has 1 N–H and O–H groups in total. The molecule has 23 heavy (non-hydrogen) atoms. The normalized spacial score (nSPS) is 10.6. The van der Waals surface area contributed by atoms with Gasteiger partial charge in [0.05, 0.1) is 12.2 Å². The van der Waals surface area contributed by atoms with Gasteiger partial charge < -0.3 is 10.1 Å². The van der Waals surface area contributed by atoms with Gasteiger partial charge in [-0.05, 0) is 42.6 Å². The van der Waals surface area contributed by atoms with Gasteiger partial charge in [-0.15, -0.1) is 23.1 Å². The van der Waals surface area contributed by atoms with Gasteiger partial charge in [0, 0.05) is 15.7 Å². The first kappa shape index (κ1) is 17.6. The Morgan fingerprint density at radius 2 is 1.91 bits per heavy atom. The average Bonchev–Trinajstić information content (AvgIpc) is 2.95. The van der Waals surface area contributed by atoms with E-state index in [9.17, 15) is 9.59 Å². The van der Waals surface area contributed by atoms with Gasteiger partial charge in [0.25, 0.3) is 5.91 Å². The second-order valence-corrected chi connectivity index (χ2v) is 7.60. The fourth-order valence-corrected chi connectivity index (χ4v) is 3.52. The zero-order chi connectivity index (χ0) is 16.8. The summed E-state index contributed by atoms with van der Waals surface area (Å²) in [6, 6.07) is 9.09. The van der Waals surface area contributed by atoms with E-state index >= 15 is 0 Å². The summed E-state index contributed by atoms with van der Waals surface area (Å²) < 4.78 is 4.98. The van der Waals surface area contributed by atoms with E-state index in [4.69, 9.17) is 4.74 Å². The number of thioether (sulfide) groups is 1. The summed E-state index contributed by atoms with van der Waals surface area (Å²) in [6.45, 7) is 6.30. The molecular formula is C17H19NO3S2. The highest BCUT2D eigenvalue weighted by Gasteiger charge is 2.16. The number of nitrogens with one attached hydrogen (secondary N) is 1. The van der Waals surface area contributed by atoms with Crippen LogP contribution in [0.2, 0.25) is 0 Å². The Balaban J connectivity index is 2.08. The summed E-state index contributed by atoms with van der Waals surface area (Å²) in [7, 11) is 0. The molecule has 0 saturated carbocycles. The summed E-state index contributed by atoms with van der Waals surface area (Å²) in [5.41, 5.74) is 0.943. The number of amides is 1. The smallest absolute Gasteiger partial charge is 0.341 e. The largest absolute Gasteiger partial charge is 0.462 e. The number of esters is 1. The summed E-state index contributed by atoms with van der Waals surface area (Å²) in [5, 5.41) is 5.53. The summed E-state index contributed by atoms with van der Waals surface area (Å²) in [5.74, 6) is -0.660. The van der Waals surface area contributed by atoms with E-state index < -0.39 is 5.97 Å². The number of hydrogen-bond acceptors (Lipinski definition) is 5. The molecule has 0 saturated heterocycles. The molecule has 0 atom stereocenters. The van der Waals surface area contributed by atoms with Crippen molar-refractivity contribution < 1.29 is 14.3 Å². The van der Waals surface area contributed by atoms with Crippen molar-refractivity contribution in [1.29, 1.82) is 0 Å². The van der Waals surface area contributed by atoms with E-state index in [1.165, 1.54) is 11.3 Å². The molecule has 0 aliphatic heterocycles. The van der Waals surface area contributed by atoms with Crippen molar-refractivity contribution in [3.05, 3.63) is 46.8 Å². The number of ether oxygens (including phenoxy) is 1. The Morgan fingerprint density at radius 3 is 2.52 bits per heavy atom. The molecule has 6 heteroatoms. The minimum atomic E-state index is -0.423. The number of hydrogen-bond donors (Lipinski definition) is 1. The third-order valence-corrected chi connectivity index (χ3v) is 4.72. The van der Waals surface area contributed by atoms with Crippen molar-refractivity contribution in [3.8, 4) is 0 Å². The van der Waals surface area contributed by atoms with E-state index in [1.54, 1.807) is 42.3 Å². The fourth-order valence-electron chi connectivity index (χ4n) is 1.91. The molecule has 0 unspecified atom stereocenters. The quantitative estimate of drug-likeness (QED) is 0.608. The van der Waals surface area contributed by atoms with Crippen LogP contribution in [0.15, 0.2) is 40.6 Å². The molecule has 0 aliphatic carbocycles. The molecule has 122 valence electrons. The molecule has 2 aromatic rings. The topological polar surface area (TPSA) is 55.4 Å². The third-order valence-electron chi connectivity index (χ3n) is 2.88. The molecular weight excluding hydrogens is 330 g/mol. The fraction of sp³-hybridized carbons (Fsp3) is 0.294. The highest BCUT2D eigenvalue weighted by Crippen LogP contribution is 2.26.